The maximum atomic E-state index is 11.0. The molecule has 1 unspecified atom stereocenters. The van der Waals surface area contributed by atoms with Crippen molar-refractivity contribution in [3.05, 3.63) is 0 Å². The molecule has 0 bridgehead atoms. The number of rotatable bonds is 5. The van der Waals surface area contributed by atoms with Gasteiger partial charge in [0.2, 0.25) is 0 Å². The van der Waals surface area contributed by atoms with Crippen molar-refractivity contribution in [2.75, 3.05) is 0 Å². The Morgan fingerprint density at radius 3 is 1.27 bits per heavy atom. The highest BCUT2D eigenvalue weighted by atomic mass is 28.3. The van der Waals surface area contributed by atoms with Crippen molar-refractivity contribution < 1.29 is 15.0 Å². The summed E-state index contributed by atoms with van der Waals surface area (Å²) in [6.07, 6.45) is 0. The number of carboxylic acids is 1. The maximum absolute atomic E-state index is 11.0. The molecule has 1 atom stereocenters. The molecule has 0 fully saturated rings. The zero-order valence-corrected chi connectivity index (χ0v) is 11.6. The minimum Gasteiger partial charge on any atom is -0.480 e. The Balaban J connectivity index is 5.42. The average Bonchev–Trinajstić information content (AvgIpc) is 2.02. The summed E-state index contributed by atoms with van der Waals surface area (Å²) in [5.41, 5.74) is -0.353. The Labute approximate surface area is 93.5 Å². The molecule has 0 aromatic heterocycles. The highest BCUT2D eigenvalue weighted by Gasteiger charge is 2.51. The first-order valence-electron chi connectivity index (χ1n) is 5.59. The first kappa shape index (κ1) is 14.6. The van der Waals surface area contributed by atoms with Gasteiger partial charge in [0.15, 0.2) is 0 Å². The summed E-state index contributed by atoms with van der Waals surface area (Å²) in [4.78, 5) is 11.0. The van der Waals surface area contributed by atoms with Crippen LogP contribution in [0.25, 0.3) is 0 Å². The summed E-state index contributed by atoms with van der Waals surface area (Å²) in [5, 5.41) is 19.1. The van der Waals surface area contributed by atoms with Crippen LogP contribution in [0, 0.1) is 0 Å². The van der Waals surface area contributed by atoms with Gasteiger partial charge in [-0.3, -0.25) is 0 Å². The molecule has 0 aromatic carbocycles. The van der Waals surface area contributed by atoms with Crippen molar-refractivity contribution in [1.29, 1.82) is 0 Å². The Morgan fingerprint density at radius 2 is 1.20 bits per heavy atom. The van der Waals surface area contributed by atoms with Gasteiger partial charge in [-0.1, -0.05) is 41.5 Å². The van der Waals surface area contributed by atoms with E-state index in [1.54, 1.807) is 0 Å². The van der Waals surface area contributed by atoms with E-state index < -0.39 is 19.8 Å². The fourth-order valence-electron chi connectivity index (χ4n) is 3.16. The highest BCUT2D eigenvalue weighted by molar-refractivity contribution is 6.86. The summed E-state index contributed by atoms with van der Waals surface area (Å²) >= 11 is 0. The lowest BCUT2D eigenvalue weighted by Crippen LogP contribution is -2.58. The summed E-state index contributed by atoms with van der Waals surface area (Å²) in [5.74, 6) is -1.06. The molecule has 0 amide bonds. The van der Waals surface area contributed by atoms with Crippen LogP contribution in [-0.2, 0) is 4.79 Å². The quantitative estimate of drug-likeness (QED) is 0.716. The highest BCUT2D eigenvalue weighted by Crippen LogP contribution is 2.43. The van der Waals surface area contributed by atoms with Gasteiger partial charge in [-0.05, 0) is 16.6 Å². The maximum Gasteiger partial charge on any atom is 0.329 e. The van der Waals surface area contributed by atoms with E-state index in [1.807, 2.05) is 41.5 Å². The molecule has 0 aliphatic carbocycles. The zero-order chi connectivity index (χ0) is 12.4. The van der Waals surface area contributed by atoms with Gasteiger partial charge in [0.1, 0.15) is 13.8 Å². The molecule has 2 N–H and O–H groups in total. The van der Waals surface area contributed by atoms with Crippen LogP contribution < -0.4 is 0 Å². The smallest absolute Gasteiger partial charge is 0.329 e. The van der Waals surface area contributed by atoms with Gasteiger partial charge in [0.05, 0.1) is 0 Å². The molecule has 0 saturated heterocycles. The van der Waals surface area contributed by atoms with Crippen LogP contribution in [0.5, 0.6) is 0 Å². The molecule has 15 heavy (non-hydrogen) atoms. The third kappa shape index (κ3) is 2.42. The van der Waals surface area contributed by atoms with Crippen LogP contribution in [-0.4, -0.2) is 30.0 Å². The number of aliphatic carboxylic acids is 1. The van der Waals surface area contributed by atoms with Crippen molar-refractivity contribution in [3.63, 3.8) is 0 Å². The first-order chi connectivity index (χ1) is 6.68. The number of hydrogen-bond acceptors (Lipinski definition) is 2. The van der Waals surface area contributed by atoms with Gasteiger partial charge >= 0.3 is 5.97 Å². The molecule has 0 spiro atoms. The molecule has 0 aromatic rings. The molecule has 0 rings (SSSR count). The number of carbonyl (C=O) groups is 1. The van der Waals surface area contributed by atoms with E-state index >= 15 is 0 Å². The van der Waals surface area contributed by atoms with Gasteiger partial charge in [0.25, 0.3) is 0 Å². The second kappa shape index (κ2) is 5.12. The lowest BCUT2D eigenvalue weighted by Gasteiger charge is -2.44. The topological polar surface area (TPSA) is 57.5 Å². The lowest BCUT2D eigenvalue weighted by molar-refractivity contribution is -0.143. The van der Waals surface area contributed by atoms with Gasteiger partial charge in [0, 0.05) is 0 Å². The number of carboxylic acid groups (broad SMARTS) is 1. The Hall–Kier alpha value is -0.353. The van der Waals surface area contributed by atoms with Crippen LogP contribution in [0.1, 0.15) is 41.5 Å². The molecule has 4 heteroatoms. The standard InChI is InChI=1S/C11H24O3Si/c1-7(2)15(8(3)4,9(5)6)11(14)10(12)13/h7-9,11,14H,1-6H3,(H,12,13). The second-order valence-corrected chi connectivity index (χ2v) is 11.2. The number of hydrogen-bond donors (Lipinski definition) is 2. The molecule has 0 heterocycles. The van der Waals surface area contributed by atoms with E-state index in [0.29, 0.717) is 0 Å². The first-order valence-corrected chi connectivity index (χ1v) is 7.90. The van der Waals surface area contributed by atoms with Crippen LogP contribution in [0.15, 0.2) is 0 Å². The van der Waals surface area contributed by atoms with Gasteiger partial charge in [-0.15, -0.1) is 0 Å². The molecule has 0 aliphatic heterocycles. The molecule has 0 saturated carbocycles. The largest absolute Gasteiger partial charge is 0.480 e. The third-order valence-electron chi connectivity index (χ3n) is 3.71. The normalized spacial score (nSPS) is 15.1. The van der Waals surface area contributed by atoms with E-state index in [1.165, 1.54) is 0 Å². The molecule has 0 aliphatic rings. The van der Waals surface area contributed by atoms with Crippen molar-refractivity contribution in [1.82, 2.24) is 0 Å². The van der Waals surface area contributed by atoms with Crippen molar-refractivity contribution in [2.45, 2.75) is 63.9 Å². The van der Waals surface area contributed by atoms with Crippen LogP contribution >= 0.6 is 0 Å². The summed E-state index contributed by atoms with van der Waals surface area (Å²) in [6, 6.07) is 0. The van der Waals surface area contributed by atoms with Gasteiger partial charge in [-0.25, -0.2) is 4.79 Å². The Kier molecular flexibility index (Phi) is 5.00. The van der Waals surface area contributed by atoms with Crippen molar-refractivity contribution in [2.24, 2.45) is 0 Å². The van der Waals surface area contributed by atoms with Gasteiger partial charge < -0.3 is 10.2 Å². The molecule has 3 nitrogen and oxygen atoms in total. The third-order valence-corrected chi connectivity index (χ3v) is 10.9. The monoisotopic (exact) mass is 232 g/mol. The lowest BCUT2D eigenvalue weighted by atomic mass is 10.5. The fourth-order valence-corrected chi connectivity index (χ4v) is 9.48. The van der Waals surface area contributed by atoms with E-state index in [2.05, 4.69) is 0 Å². The Bertz CT molecular complexity index is 202. The summed E-state index contributed by atoms with van der Waals surface area (Å²) in [6.45, 7) is 12.2. The summed E-state index contributed by atoms with van der Waals surface area (Å²) in [7, 11) is -2.24. The van der Waals surface area contributed by atoms with E-state index in [4.69, 9.17) is 5.11 Å². The van der Waals surface area contributed by atoms with E-state index in [0.717, 1.165) is 0 Å². The minimum absolute atomic E-state index is 0.267. The van der Waals surface area contributed by atoms with Crippen LogP contribution in [0.4, 0.5) is 0 Å². The molecular weight excluding hydrogens is 208 g/mol. The van der Waals surface area contributed by atoms with E-state index in [9.17, 15) is 9.90 Å². The fraction of sp³-hybridized carbons (Fsp3) is 0.909. The van der Waals surface area contributed by atoms with Crippen molar-refractivity contribution >= 4 is 14.0 Å². The van der Waals surface area contributed by atoms with Crippen LogP contribution in [0.3, 0.4) is 0 Å². The molecular formula is C11H24O3Si. The number of aliphatic hydroxyl groups is 1. The second-order valence-electron chi connectivity index (χ2n) is 5.20. The predicted octanol–water partition coefficient (Wildman–Crippen LogP) is 2.65. The number of aliphatic hydroxyl groups excluding tert-OH is 1. The summed E-state index contributed by atoms with van der Waals surface area (Å²) < 4.78 is 0. The van der Waals surface area contributed by atoms with Gasteiger partial charge in [-0.2, -0.15) is 0 Å². The average molecular weight is 232 g/mol. The zero-order valence-electron chi connectivity index (χ0n) is 10.6. The SMILES string of the molecule is CC(C)[Si](C(C)C)(C(C)C)C(O)C(=O)O. The predicted molar refractivity (Wildman–Crippen MR) is 64.7 cm³/mol. The Morgan fingerprint density at radius 1 is 0.933 bits per heavy atom. The van der Waals surface area contributed by atoms with Crippen LogP contribution in [0.2, 0.25) is 16.6 Å². The van der Waals surface area contributed by atoms with E-state index in [-0.39, 0.29) is 16.6 Å². The molecule has 90 valence electrons. The molecule has 0 radical (unpaired) electrons. The minimum atomic E-state index is -2.24. The van der Waals surface area contributed by atoms with Crippen molar-refractivity contribution in [3.8, 4) is 0 Å².